The molecule has 4 rings (SSSR count). The maximum atomic E-state index is 6.34. The van der Waals surface area contributed by atoms with Crippen LogP contribution in [0.2, 0.25) is 5.02 Å². The predicted molar refractivity (Wildman–Crippen MR) is 112 cm³/mol. The van der Waals surface area contributed by atoms with Crippen LogP contribution in [-0.2, 0) is 0 Å². The van der Waals surface area contributed by atoms with Crippen LogP contribution in [0, 0.1) is 0 Å². The number of halogens is 1. The Kier molecular flexibility index (Phi) is 4.85. The summed E-state index contributed by atoms with van der Waals surface area (Å²) >= 11 is 6.34. The van der Waals surface area contributed by atoms with Crippen molar-refractivity contribution >= 4 is 22.5 Å². The Bertz CT molecular complexity index is 1130. The minimum absolute atomic E-state index is 0.0544. The van der Waals surface area contributed by atoms with Crippen molar-refractivity contribution < 1.29 is 9.26 Å². The third kappa shape index (κ3) is 3.38. The molecule has 28 heavy (non-hydrogen) atoms. The molecule has 0 unspecified atom stereocenters. The van der Waals surface area contributed by atoms with Gasteiger partial charge >= 0.3 is 0 Å². The highest BCUT2D eigenvalue weighted by atomic mass is 35.5. The monoisotopic (exact) mass is 395 g/mol. The van der Waals surface area contributed by atoms with Gasteiger partial charge in [-0.15, -0.1) is 0 Å². The third-order valence-electron chi connectivity index (χ3n) is 4.53. The van der Waals surface area contributed by atoms with Gasteiger partial charge in [0.15, 0.2) is 0 Å². The van der Waals surface area contributed by atoms with Crippen LogP contribution in [0.1, 0.15) is 33.7 Å². The Hall–Kier alpha value is -2.79. The first-order valence-electron chi connectivity index (χ1n) is 9.34. The van der Waals surface area contributed by atoms with Gasteiger partial charge in [0.1, 0.15) is 5.75 Å². The van der Waals surface area contributed by atoms with Crippen molar-refractivity contribution in [2.75, 3.05) is 0 Å². The summed E-state index contributed by atoms with van der Waals surface area (Å²) in [5.74, 6) is 1.62. The van der Waals surface area contributed by atoms with Crippen LogP contribution >= 0.6 is 11.6 Å². The Morgan fingerprint density at radius 3 is 2.61 bits per heavy atom. The van der Waals surface area contributed by atoms with E-state index in [1.165, 1.54) is 0 Å². The molecule has 0 aliphatic rings. The van der Waals surface area contributed by atoms with Crippen LogP contribution in [0.3, 0.4) is 0 Å². The second kappa shape index (κ2) is 7.32. The number of fused-ring (bicyclic) bond motifs is 1. The fraction of sp³-hybridized carbons (Fsp3) is 0.273. The van der Waals surface area contributed by atoms with Gasteiger partial charge in [0.05, 0.1) is 11.1 Å². The number of aromatic nitrogens is 3. The van der Waals surface area contributed by atoms with Crippen molar-refractivity contribution in [1.82, 2.24) is 14.7 Å². The van der Waals surface area contributed by atoms with Crippen molar-refractivity contribution in [3.05, 3.63) is 53.7 Å². The molecule has 0 spiro atoms. The molecule has 0 N–H and O–H groups in total. The molecule has 2 aromatic heterocycles. The molecule has 0 saturated heterocycles. The zero-order valence-corrected chi connectivity index (χ0v) is 17.1. The summed E-state index contributed by atoms with van der Waals surface area (Å²) in [6.07, 6.45) is 2.14. The fourth-order valence-electron chi connectivity index (χ4n) is 3.26. The average Bonchev–Trinajstić information content (AvgIpc) is 3.29. The molecule has 0 saturated carbocycles. The fourth-order valence-corrected chi connectivity index (χ4v) is 3.49. The van der Waals surface area contributed by atoms with E-state index >= 15 is 0 Å². The minimum atomic E-state index is 0.0544. The molecule has 144 valence electrons. The van der Waals surface area contributed by atoms with Gasteiger partial charge in [0.2, 0.25) is 5.82 Å². The number of benzene rings is 2. The first kappa shape index (κ1) is 18.6. The summed E-state index contributed by atoms with van der Waals surface area (Å²) in [6.45, 7) is 8.24. The van der Waals surface area contributed by atoms with Gasteiger partial charge in [-0.3, -0.25) is 0 Å². The summed E-state index contributed by atoms with van der Waals surface area (Å²) in [7, 11) is 0. The van der Waals surface area contributed by atoms with Gasteiger partial charge in [0.25, 0.3) is 5.89 Å². The van der Waals surface area contributed by atoms with Gasteiger partial charge in [-0.05, 0) is 64.1 Å². The van der Waals surface area contributed by atoms with E-state index < -0.39 is 0 Å². The zero-order chi connectivity index (χ0) is 19.8. The Balaban J connectivity index is 1.71. The molecular formula is C22H22ClN3O2. The van der Waals surface area contributed by atoms with Crippen molar-refractivity contribution in [2.24, 2.45) is 0 Å². The second-order valence-electron chi connectivity index (χ2n) is 7.29. The Morgan fingerprint density at radius 2 is 1.89 bits per heavy atom. The molecule has 0 radical (unpaired) electrons. The lowest BCUT2D eigenvalue weighted by Crippen LogP contribution is -2.05. The molecule has 2 aromatic carbocycles. The van der Waals surface area contributed by atoms with Crippen LogP contribution < -0.4 is 4.74 Å². The van der Waals surface area contributed by atoms with E-state index in [1.54, 1.807) is 6.07 Å². The Morgan fingerprint density at radius 1 is 1.07 bits per heavy atom. The minimum Gasteiger partial charge on any atom is -0.489 e. The highest BCUT2D eigenvalue weighted by Gasteiger charge is 2.16. The van der Waals surface area contributed by atoms with Gasteiger partial charge in [-0.25, -0.2) is 0 Å². The maximum absolute atomic E-state index is 6.34. The normalized spacial score (nSPS) is 11.7. The zero-order valence-electron chi connectivity index (χ0n) is 16.3. The largest absolute Gasteiger partial charge is 0.489 e. The van der Waals surface area contributed by atoms with E-state index in [-0.39, 0.29) is 6.10 Å². The SMILES string of the molecule is CC(C)Oc1ccc(-c2noc(-c3cccc4c3ccn4C(C)C)n2)cc1Cl. The lowest BCUT2D eigenvalue weighted by molar-refractivity contribution is 0.242. The first-order chi connectivity index (χ1) is 13.4. The van der Waals surface area contributed by atoms with Gasteiger partial charge in [-0.2, -0.15) is 4.98 Å². The van der Waals surface area contributed by atoms with E-state index in [0.717, 1.165) is 22.0 Å². The van der Waals surface area contributed by atoms with Crippen molar-refractivity contribution in [1.29, 1.82) is 0 Å². The summed E-state index contributed by atoms with van der Waals surface area (Å²) in [5, 5.41) is 5.76. The summed E-state index contributed by atoms with van der Waals surface area (Å²) in [6, 6.07) is 14.1. The number of ether oxygens (including phenoxy) is 1. The van der Waals surface area contributed by atoms with Crippen molar-refractivity contribution in [2.45, 2.75) is 39.8 Å². The van der Waals surface area contributed by atoms with E-state index in [4.69, 9.17) is 20.9 Å². The van der Waals surface area contributed by atoms with Crippen molar-refractivity contribution in [3.8, 4) is 28.6 Å². The lowest BCUT2D eigenvalue weighted by Gasteiger charge is -2.11. The molecular weight excluding hydrogens is 374 g/mol. The molecule has 0 fully saturated rings. The van der Waals surface area contributed by atoms with Gasteiger partial charge < -0.3 is 13.8 Å². The summed E-state index contributed by atoms with van der Waals surface area (Å²) < 4.78 is 13.5. The molecule has 0 aliphatic heterocycles. The smallest absolute Gasteiger partial charge is 0.258 e. The second-order valence-corrected chi connectivity index (χ2v) is 7.70. The molecule has 0 atom stereocenters. The van der Waals surface area contributed by atoms with Gasteiger partial charge in [0, 0.05) is 34.3 Å². The first-order valence-corrected chi connectivity index (χ1v) is 9.72. The van der Waals surface area contributed by atoms with Crippen molar-refractivity contribution in [3.63, 3.8) is 0 Å². The van der Waals surface area contributed by atoms with E-state index in [2.05, 4.69) is 46.9 Å². The summed E-state index contributed by atoms with van der Waals surface area (Å²) in [5.41, 5.74) is 2.84. The topological polar surface area (TPSA) is 53.1 Å². The third-order valence-corrected chi connectivity index (χ3v) is 4.82. The van der Waals surface area contributed by atoms with Gasteiger partial charge in [-0.1, -0.05) is 22.8 Å². The highest BCUT2D eigenvalue weighted by molar-refractivity contribution is 6.32. The van der Waals surface area contributed by atoms with Crippen LogP contribution in [-0.4, -0.2) is 20.8 Å². The number of rotatable bonds is 5. The Labute approximate surface area is 168 Å². The standard InChI is InChI=1S/C22H22ClN3O2/c1-13(2)26-11-10-16-17(6-5-7-19(16)26)22-24-21(25-28-22)15-8-9-20(18(23)12-15)27-14(3)4/h5-14H,1-4H3. The maximum Gasteiger partial charge on any atom is 0.258 e. The number of hydrogen-bond acceptors (Lipinski definition) is 4. The molecule has 0 aliphatic carbocycles. The van der Waals surface area contributed by atoms with E-state index in [1.807, 2.05) is 38.1 Å². The van der Waals surface area contributed by atoms with Crippen LogP contribution in [0.4, 0.5) is 0 Å². The quantitative estimate of drug-likeness (QED) is 0.393. The lowest BCUT2D eigenvalue weighted by atomic mass is 10.1. The number of hydrogen-bond donors (Lipinski definition) is 0. The molecule has 5 nitrogen and oxygen atoms in total. The number of nitrogens with zero attached hydrogens (tertiary/aromatic N) is 3. The molecule has 0 bridgehead atoms. The molecule has 0 amide bonds. The van der Waals surface area contributed by atoms with Crippen LogP contribution in [0.15, 0.2) is 53.2 Å². The van der Waals surface area contributed by atoms with Crippen LogP contribution in [0.5, 0.6) is 5.75 Å². The molecule has 6 heteroatoms. The average molecular weight is 396 g/mol. The molecule has 4 aromatic rings. The molecule has 2 heterocycles. The van der Waals surface area contributed by atoms with E-state index in [0.29, 0.717) is 28.5 Å². The van der Waals surface area contributed by atoms with Crippen LogP contribution in [0.25, 0.3) is 33.7 Å². The summed E-state index contributed by atoms with van der Waals surface area (Å²) in [4.78, 5) is 4.60. The highest BCUT2D eigenvalue weighted by Crippen LogP contribution is 2.33. The van der Waals surface area contributed by atoms with E-state index in [9.17, 15) is 0 Å². The predicted octanol–water partition coefficient (Wildman–Crippen LogP) is 6.38.